The quantitative estimate of drug-likeness (QED) is 0.881. The Morgan fingerprint density at radius 2 is 2.10 bits per heavy atom. The molecule has 1 N–H and O–H groups in total. The van der Waals surface area contributed by atoms with Crippen molar-refractivity contribution in [1.29, 1.82) is 0 Å². The molecule has 108 valence electrons. The normalized spacial score (nSPS) is 11.8. The molecule has 0 unspecified atom stereocenters. The Bertz CT molecular complexity index is 636. The summed E-state index contributed by atoms with van der Waals surface area (Å²) in [6, 6.07) is 5.84. The molecule has 20 heavy (non-hydrogen) atoms. The summed E-state index contributed by atoms with van der Waals surface area (Å²) in [6.45, 7) is 1.71. The van der Waals surface area contributed by atoms with Gasteiger partial charge in [-0.2, -0.15) is 13.2 Å². The summed E-state index contributed by atoms with van der Waals surface area (Å²) in [5.74, 6) is -0.165. The van der Waals surface area contributed by atoms with Gasteiger partial charge in [-0.15, -0.1) is 11.3 Å². The lowest BCUT2D eigenvalue weighted by molar-refractivity contribution is -0.136. The van der Waals surface area contributed by atoms with Crippen molar-refractivity contribution < 1.29 is 18.0 Å². The minimum Gasteiger partial charge on any atom is -0.281 e. The predicted octanol–water partition coefficient (Wildman–Crippen LogP) is 3.40. The number of hydrogen-bond donors (Lipinski definition) is 1. The minimum absolute atomic E-state index is 0.165. The number of hydrogen-bond acceptors (Lipinski definition) is 3. The van der Waals surface area contributed by atoms with Gasteiger partial charge in [0.2, 0.25) is 5.91 Å². The molecule has 7 heteroatoms. The van der Waals surface area contributed by atoms with E-state index in [9.17, 15) is 18.0 Å². The van der Waals surface area contributed by atoms with Gasteiger partial charge in [-0.3, -0.25) is 9.80 Å². The van der Waals surface area contributed by atoms with Crippen LogP contribution in [0.1, 0.15) is 17.4 Å². The van der Waals surface area contributed by atoms with Gasteiger partial charge in [0, 0.05) is 30.1 Å². The van der Waals surface area contributed by atoms with Crippen LogP contribution < -0.4 is 5.43 Å². The lowest BCUT2D eigenvalue weighted by Gasteiger charge is -2.15. The van der Waals surface area contributed by atoms with Crippen LogP contribution in [0.5, 0.6) is 0 Å². The molecule has 2 aromatic rings. The van der Waals surface area contributed by atoms with Crippen LogP contribution in [0.3, 0.4) is 0 Å². The van der Waals surface area contributed by atoms with Crippen molar-refractivity contribution in [3.05, 3.63) is 34.7 Å². The zero-order valence-corrected chi connectivity index (χ0v) is 11.7. The third kappa shape index (κ3) is 3.10. The molecule has 1 heterocycles. The second-order valence-electron chi connectivity index (χ2n) is 4.35. The fourth-order valence-corrected chi connectivity index (χ4v) is 2.86. The monoisotopic (exact) mass is 302 g/mol. The van der Waals surface area contributed by atoms with Crippen molar-refractivity contribution in [1.82, 2.24) is 10.4 Å². The lowest BCUT2D eigenvalue weighted by Crippen LogP contribution is -2.37. The summed E-state index contributed by atoms with van der Waals surface area (Å²) in [5.41, 5.74) is 2.21. The number of carbonyl (C=O) groups excluding carboxylic acids is 1. The third-order valence-electron chi connectivity index (χ3n) is 2.86. The van der Waals surface area contributed by atoms with Gasteiger partial charge in [0.05, 0.1) is 5.56 Å². The zero-order chi connectivity index (χ0) is 14.9. The van der Waals surface area contributed by atoms with Crippen LogP contribution in [-0.4, -0.2) is 18.0 Å². The molecule has 0 saturated carbocycles. The van der Waals surface area contributed by atoms with Gasteiger partial charge < -0.3 is 0 Å². The average Bonchev–Trinajstić information content (AvgIpc) is 2.76. The number of thiophene rings is 1. The Morgan fingerprint density at radius 3 is 2.70 bits per heavy atom. The Hall–Kier alpha value is -1.60. The van der Waals surface area contributed by atoms with Crippen LogP contribution in [-0.2, 0) is 17.5 Å². The van der Waals surface area contributed by atoms with Crippen LogP contribution in [0.4, 0.5) is 13.2 Å². The molecular weight excluding hydrogens is 289 g/mol. The smallest absolute Gasteiger partial charge is 0.281 e. The molecule has 1 aromatic heterocycles. The molecule has 0 spiro atoms. The van der Waals surface area contributed by atoms with Gasteiger partial charge in [0.25, 0.3) is 0 Å². The Kier molecular flexibility index (Phi) is 4.01. The number of fused-ring (bicyclic) bond motifs is 1. The van der Waals surface area contributed by atoms with E-state index < -0.39 is 11.7 Å². The fourth-order valence-electron chi connectivity index (χ4n) is 1.73. The summed E-state index contributed by atoms with van der Waals surface area (Å²) in [7, 11) is 1.57. The predicted molar refractivity (Wildman–Crippen MR) is 72.1 cm³/mol. The molecule has 3 nitrogen and oxygen atoms in total. The van der Waals surface area contributed by atoms with Crippen LogP contribution >= 0.6 is 11.3 Å². The number of halogens is 3. The maximum atomic E-state index is 12.9. The van der Waals surface area contributed by atoms with Gasteiger partial charge in [0.1, 0.15) is 0 Å². The molecule has 0 atom stereocenters. The highest BCUT2D eigenvalue weighted by molar-refractivity contribution is 7.19. The molecule has 1 aromatic carbocycles. The zero-order valence-electron chi connectivity index (χ0n) is 10.9. The van der Waals surface area contributed by atoms with E-state index in [1.54, 1.807) is 19.2 Å². The number of nitrogens with one attached hydrogen (secondary N) is 1. The van der Waals surface area contributed by atoms with E-state index in [1.165, 1.54) is 18.0 Å². The first-order chi connectivity index (χ1) is 9.29. The molecule has 1 amide bonds. The van der Waals surface area contributed by atoms with E-state index in [0.717, 1.165) is 22.3 Å². The Balaban J connectivity index is 2.28. The highest BCUT2D eigenvalue weighted by Gasteiger charge is 2.33. The second kappa shape index (κ2) is 5.41. The molecule has 0 aliphatic rings. The molecule has 2 rings (SSSR count). The topological polar surface area (TPSA) is 32.3 Å². The Morgan fingerprint density at radius 1 is 1.40 bits per heavy atom. The van der Waals surface area contributed by atoms with Gasteiger partial charge >= 0.3 is 6.18 Å². The summed E-state index contributed by atoms with van der Waals surface area (Å²) < 4.78 is 38.9. The number of rotatable bonds is 3. The fraction of sp³-hybridized carbons (Fsp3) is 0.308. The van der Waals surface area contributed by atoms with Crippen LogP contribution in [0.15, 0.2) is 24.3 Å². The maximum absolute atomic E-state index is 12.9. The highest BCUT2D eigenvalue weighted by Crippen LogP contribution is 2.38. The molecule has 0 radical (unpaired) electrons. The van der Waals surface area contributed by atoms with E-state index in [1.807, 2.05) is 0 Å². The SMILES string of the molecule is CC(=O)N(C)NCc1cc2cccc(C(F)(F)F)c2s1. The number of carbonyl (C=O) groups is 1. The first-order valence-corrected chi connectivity index (χ1v) is 6.67. The van der Waals surface area contributed by atoms with Crippen molar-refractivity contribution in [2.45, 2.75) is 19.6 Å². The van der Waals surface area contributed by atoms with E-state index in [-0.39, 0.29) is 10.6 Å². The summed E-state index contributed by atoms with van der Waals surface area (Å²) in [6.07, 6.45) is -4.36. The van der Waals surface area contributed by atoms with Gasteiger partial charge in [-0.1, -0.05) is 12.1 Å². The summed E-state index contributed by atoms with van der Waals surface area (Å²) >= 11 is 1.08. The average molecular weight is 302 g/mol. The van der Waals surface area contributed by atoms with E-state index >= 15 is 0 Å². The third-order valence-corrected chi connectivity index (χ3v) is 4.05. The largest absolute Gasteiger partial charge is 0.417 e. The Labute approximate surface area is 118 Å². The summed E-state index contributed by atoms with van der Waals surface area (Å²) in [5, 5.41) is 1.86. The molecule has 0 fully saturated rings. The molecule has 0 aliphatic carbocycles. The van der Waals surface area contributed by atoms with Crippen molar-refractivity contribution in [3.8, 4) is 0 Å². The second-order valence-corrected chi connectivity index (χ2v) is 5.48. The van der Waals surface area contributed by atoms with E-state index in [2.05, 4.69) is 5.43 Å². The van der Waals surface area contributed by atoms with Crippen LogP contribution in [0.2, 0.25) is 0 Å². The molecule has 0 aliphatic heterocycles. The van der Waals surface area contributed by atoms with Gasteiger partial charge in [-0.05, 0) is 17.5 Å². The van der Waals surface area contributed by atoms with E-state index in [4.69, 9.17) is 0 Å². The number of nitrogens with zero attached hydrogens (tertiary/aromatic N) is 1. The van der Waals surface area contributed by atoms with Crippen molar-refractivity contribution in [2.75, 3.05) is 7.05 Å². The first kappa shape index (κ1) is 14.8. The van der Waals surface area contributed by atoms with Crippen LogP contribution in [0, 0.1) is 0 Å². The van der Waals surface area contributed by atoms with Crippen molar-refractivity contribution in [3.63, 3.8) is 0 Å². The number of amides is 1. The lowest BCUT2D eigenvalue weighted by atomic mass is 10.1. The standard InChI is InChI=1S/C13H13F3N2OS/c1-8(19)18(2)17-7-10-6-9-4-3-5-11(12(9)20-10)13(14,15)16/h3-6,17H,7H2,1-2H3. The summed E-state index contributed by atoms with van der Waals surface area (Å²) in [4.78, 5) is 11.8. The maximum Gasteiger partial charge on any atom is 0.417 e. The molecule has 0 bridgehead atoms. The minimum atomic E-state index is -4.36. The van der Waals surface area contributed by atoms with Gasteiger partial charge in [0.15, 0.2) is 0 Å². The first-order valence-electron chi connectivity index (χ1n) is 5.85. The number of alkyl halides is 3. The highest BCUT2D eigenvalue weighted by atomic mass is 32.1. The molecular formula is C13H13F3N2OS. The van der Waals surface area contributed by atoms with Crippen molar-refractivity contribution in [2.24, 2.45) is 0 Å². The number of benzene rings is 1. The number of hydrazine groups is 1. The van der Waals surface area contributed by atoms with E-state index in [0.29, 0.717) is 11.9 Å². The van der Waals surface area contributed by atoms with Gasteiger partial charge in [-0.25, -0.2) is 5.43 Å². The van der Waals surface area contributed by atoms with Crippen molar-refractivity contribution >= 4 is 27.3 Å². The molecule has 0 saturated heterocycles. The van der Waals surface area contributed by atoms with Crippen LogP contribution in [0.25, 0.3) is 10.1 Å².